The third kappa shape index (κ3) is 8.50. The molecule has 0 unspecified atom stereocenters. The Morgan fingerprint density at radius 3 is 2.05 bits per heavy atom. The van der Waals surface area contributed by atoms with Gasteiger partial charge in [0.2, 0.25) is 0 Å². The Kier molecular flexibility index (Phi) is 9.38. The number of esters is 3. The van der Waals surface area contributed by atoms with Gasteiger partial charge in [-0.2, -0.15) is 0 Å². The van der Waals surface area contributed by atoms with E-state index in [1.807, 2.05) is 24.3 Å². The zero-order valence-electron chi connectivity index (χ0n) is 20.8. The molecule has 0 aliphatic carbocycles. The van der Waals surface area contributed by atoms with Crippen LogP contribution in [0, 0.1) is 0 Å². The number of ether oxygens (including phenoxy) is 4. The maximum absolute atomic E-state index is 12.2. The SMILES string of the molecule is C=C(C)C(=O)OCCCOc1ccc(OC(=O)/C=C/c2ccc3cc(OC(=O)C(=C)C)ccc3c2)cc1. The third-order valence-corrected chi connectivity index (χ3v) is 4.99. The number of hydrogen-bond acceptors (Lipinski definition) is 7. The van der Waals surface area contributed by atoms with Crippen LogP contribution in [0.4, 0.5) is 0 Å². The van der Waals surface area contributed by atoms with E-state index in [1.165, 1.54) is 6.08 Å². The van der Waals surface area contributed by atoms with Gasteiger partial charge in [0.1, 0.15) is 17.2 Å². The fourth-order valence-electron chi connectivity index (χ4n) is 3.06. The fraction of sp³-hybridized carbons (Fsp3) is 0.167. The maximum atomic E-state index is 12.2. The molecule has 0 heterocycles. The van der Waals surface area contributed by atoms with Crippen molar-refractivity contribution < 1.29 is 33.3 Å². The van der Waals surface area contributed by atoms with Gasteiger partial charge in [-0.3, -0.25) is 0 Å². The van der Waals surface area contributed by atoms with Gasteiger partial charge in [-0.05, 0) is 78.7 Å². The highest BCUT2D eigenvalue weighted by molar-refractivity contribution is 5.92. The van der Waals surface area contributed by atoms with Crippen molar-refractivity contribution in [2.24, 2.45) is 0 Å². The molecule has 7 nitrogen and oxygen atoms in total. The molecule has 0 N–H and O–H groups in total. The molecular formula is C30H28O7. The minimum atomic E-state index is -0.518. The quantitative estimate of drug-likeness (QED) is 0.142. The summed E-state index contributed by atoms with van der Waals surface area (Å²) >= 11 is 0. The van der Waals surface area contributed by atoms with Gasteiger partial charge in [0.05, 0.1) is 13.2 Å². The first-order valence-electron chi connectivity index (χ1n) is 11.6. The van der Waals surface area contributed by atoms with Gasteiger partial charge in [0.25, 0.3) is 0 Å². The number of benzene rings is 3. The Balaban J connectivity index is 1.48. The molecular weight excluding hydrogens is 472 g/mol. The Morgan fingerprint density at radius 1 is 0.730 bits per heavy atom. The summed E-state index contributed by atoms with van der Waals surface area (Å²) in [5.74, 6) is 0.0164. The first kappa shape index (κ1) is 26.9. The van der Waals surface area contributed by atoms with Crippen LogP contribution in [0.15, 0.2) is 91.0 Å². The topological polar surface area (TPSA) is 88.1 Å². The van der Waals surface area contributed by atoms with Crippen molar-refractivity contribution >= 4 is 34.8 Å². The summed E-state index contributed by atoms with van der Waals surface area (Å²) in [7, 11) is 0. The smallest absolute Gasteiger partial charge is 0.338 e. The molecule has 0 aliphatic rings. The lowest BCUT2D eigenvalue weighted by Crippen LogP contribution is -2.09. The van der Waals surface area contributed by atoms with Gasteiger partial charge in [-0.1, -0.05) is 31.4 Å². The van der Waals surface area contributed by atoms with Crippen molar-refractivity contribution in [1.82, 2.24) is 0 Å². The molecule has 0 fully saturated rings. The van der Waals surface area contributed by atoms with Crippen molar-refractivity contribution in [3.63, 3.8) is 0 Å². The number of rotatable bonds is 11. The van der Waals surface area contributed by atoms with Gasteiger partial charge in [-0.15, -0.1) is 0 Å². The molecule has 0 aromatic heterocycles. The highest BCUT2D eigenvalue weighted by Gasteiger charge is 2.07. The zero-order chi connectivity index (χ0) is 26.8. The van der Waals surface area contributed by atoms with Gasteiger partial charge in [0, 0.05) is 23.6 Å². The van der Waals surface area contributed by atoms with Crippen molar-refractivity contribution in [3.05, 3.63) is 96.6 Å². The highest BCUT2D eigenvalue weighted by atomic mass is 16.5. The van der Waals surface area contributed by atoms with Crippen LogP contribution in [-0.4, -0.2) is 31.1 Å². The lowest BCUT2D eigenvalue weighted by atomic mass is 10.1. The molecule has 0 aliphatic heterocycles. The average Bonchev–Trinajstić information content (AvgIpc) is 2.87. The van der Waals surface area contributed by atoms with E-state index in [-0.39, 0.29) is 6.61 Å². The molecule has 3 aromatic carbocycles. The summed E-state index contributed by atoms with van der Waals surface area (Å²) in [6, 6.07) is 17.6. The molecule has 0 radical (unpaired) electrons. The molecule has 3 rings (SSSR count). The van der Waals surface area contributed by atoms with E-state index in [1.54, 1.807) is 56.3 Å². The molecule has 3 aromatic rings. The second-order valence-corrected chi connectivity index (χ2v) is 8.28. The predicted octanol–water partition coefficient (Wildman–Crippen LogP) is 5.83. The van der Waals surface area contributed by atoms with Gasteiger partial charge in [-0.25, -0.2) is 14.4 Å². The second-order valence-electron chi connectivity index (χ2n) is 8.28. The van der Waals surface area contributed by atoms with Crippen molar-refractivity contribution in [2.45, 2.75) is 20.3 Å². The second kappa shape index (κ2) is 12.9. The van der Waals surface area contributed by atoms with Crippen LogP contribution < -0.4 is 14.2 Å². The standard InChI is InChI=1S/C30H28O7/c1-20(2)29(32)35-17-5-16-34-25-11-13-26(14-12-25)36-28(31)15-7-22-6-8-24-19-27(10-9-23(24)18-22)37-30(33)21(3)4/h6-15,18-19H,1,3,5,16-17H2,2,4H3/b15-7+. The van der Waals surface area contributed by atoms with Gasteiger partial charge < -0.3 is 18.9 Å². The summed E-state index contributed by atoms with van der Waals surface area (Å²) in [6.07, 6.45) is 3.55. The Morgan fingerprint density at radius 2 is 1.35 bits per heavy atom. The van der Waals surface area contributed by atoms with E-state index in [9.17, 15) is 14.4 Å². The van der Waals surface area contributed by atoms with Crippen LogP contribution in [0.25, 0.3) is 16.8 Å². The monoisotopic (exact) mass is 500 g/mol. The molecule has 37 heavy (non-hydrogen) atoms. The molecule has 190 valence electrons. The number of hydrogen-bond donors (Lipinski definition) is 0. The summed E-state index contributed by atoms with van der Waals surface area (Å²) in [5, 5.41) is 1.82. The summed E-state index contributed by atoms with van der Waals surface area (Å²) in [6.45, 7) is 10.9. The van der Waals surface area contributed by atoms with Crippen LogP contribution in [-0.2, 0) is 19.1 Å². The van der Waals surface area contributed by atoms with E-state index in [4.69, 9.17) is 18.9 Å². The summed E-state index contributed by atoms with van der Waals surface area (Å²) < 4.78 is 21.2. The van der Waals surface area contributed by atoms with Crippen LogP contribution in [0.5, 0.6) is 17.2 Å². The van der Waals surface area contributed by atoms with Gasteiger partial charge in [0.15, 0.2) is 0 Å². The lowest BCUT2D eigenvalue weighted by Gasteiger charge is -2.08. The number of carbonyl (C=O) groups is 3. The molecule has 0 atom stereocenters. The Hall–Kier alpha value is -4.65. The van der Waals surface area contributed by atoms with Crippen molar-refractivity contribution in [3.8, 4) is 17.2 Å². The van der Waals surface area contributed by atoms with Crippen LogP contribution in [0.3, 0.4) is 0 Å². The molecule has 7 heteroatoms. The minimum Gasteiger partial charge on any atom is -0.493 e. The lowest BCUT2D eigenvalue weighted by molar-refractivity contribution is -0.139. The fourth-order valence-corrected chi connectivity index (χ4v) is 3.06. The highest BCUT2D eigenvalue weighted by Crippen LogP contribution is 2.23. The normalized spacial score (nSPS) is 10.6. The summed E-state index contributed by atoms with van der Waals surface area (Å²) in [5.41, 5.74) is 1.50. The molecule has 0 spiro atoms. The van der Waals surface area contributed by atoms with Crippen molar-refractivity contribution in [1.29, 1.82) is 0 Å². The zero-order valence-corrected chi connectivity index (χ0v) is 20.8. The van der Waals surface area contributed by atoms with Crippen LogP contribution >= 0.6 is 0 Å². The third-order valence-electron chi connectivity index (χ3n) is 4.99. The first-order valence-corrected chi connectivity index (χ1v) is 11.6. The van der Waals surface area contributed by atoms with Gasteiger partial charge >= 0.3 is 17.9 Å². The van der Waals surface area contributed by atoms with E-state index in [0.717, 1.165) is 16.3 Å². The molecule has 0 amide bonds. The van der Waals surface area contributed by atoms with E-state index < -0.39 is 17.9 Å². The van der Waals surface area contributed by atoms with E-state index in [2.05, 4.69) is 13.2 Å². The predicted molar refractivity (Wildman–Crippen MR) is 141 cm³/mol. The molecule has 0 saturated heterocycles. The van der Waals surface area contributed by atoms with Crippen LogP contribution in [0.1, 0.15) is 25.8 Å². The number of fused-ring (bicyclic) bond motifs is 1. The molecule has 0 bridgehead atoms. The van der Waals surface area contributed by atoms with E-state index >= 15 is 0 Å². The maximum Gasteiger partial charge on any atom is 0.338 e. The minimum absolute atomic E-state index is 0.247. The van der Waals surface area contributed by atoms with E-state index in [0.29, 0.717) is 41.4 Å². The molecule has 0 saturated carbocycles. The largest absolute Gasteiger partial charge is 0.493 e. The average molecular weight is 501 g/mol. The summed E-state index contributed by atoms with van der Waals surface area (Å²) in [4.78, 5) is 35.3. The Bertz CT molecular complexity index is 1350. The first-order chi connectivity index (χ1) is 17.7. The van der Waals surface area contributed by atoms with Crippen LogP contribution in [0.2, 0.25) is 0 Å². The van der Waals surface area contributed by atoms with Crippen molar-refractivity contribution in [2.75, 3.05) is 13.2 Å². The number of carbonyl (C=O) groups excluding carboxylic acids is 3. The Labute approximate surface area is 215 Å².